The first kappa shape index (κ1) is 33.6. The van der Waals surface area contributed by atoms with E-state index in [0.717, 1.165) is 10.7 Å². The van der Waals surface area contributed by atoms with Crippen molar-refractivity contribution in [3.63, 3.8) is 0 Å². The molecule has 0 spiro atoms. The van der Waals surface area contributed by atoms with Crippen molar-refractivity contribution in [3.05, 3.63) is 0 Å². The minimum absolute atomic E-state index is 0. The largest absolute Gasteiger partial charge is 0.114 e. The van der Waals surface area contributed by atoms with E-state index in [-0.39, 0.29) is 17.0 Å². The maximum atomic E-state index is 3.92. The standard InChI is InChI=1S/C27H54Br2.BrH/c1-26(2)22-18-14-10-6-4-3-5-7-11-15-19-23-27(29)24-20-16-12-8-9-13-17-21-25-28;/h26-27H,3-25H2,1-2H3;1H. The molecule has 0 saturated heterocycles. The first-order valence-electron chi connectivity index (χ1n) is 13.4. The van der Waals surface area contributed by atoms with Crippen LogP contribution in [0.1, 0.15) is 155 Å². The fourth-order valence-electron chi connectivity index (χ4n) is 4.17. The number of unbranched alkanes of at least 4 members (excludes halogenated alkanes) is 17. The summed E-state index contributed by atoms with van der Waals surface area (Å²) in [6.45, 7) is 4.68. The van der Waals surface area contributed by atoms with E-state index in [0.29, 0.717) is 0 Å². The summed E-state index contributed by atoms with van der Waals surface area (Å²) >= 11 is 7.43. The molecular weight excluding hydrogens is 564 g/mol. The van der Waals surface area contributed by atoms with Gasteiger partial charge in [0.25, 0.3) is 0 Å². The fourth-order valence-corrected chi connectivity index (χ4v) is 5.22. The Bertz CT molecular complexity index is 294. The lowest BCUT2D eigenvalue weighted by atomic mass is 10.0. The molecule has 0 heterocycles. The van der Waals surface area contributed by atoms with Crippen molar-refractivity contribution in [2.24, 2.45) is 5.92 Å². The average molecular weight is 619 g/mol. The van der Waals surface area contributed by atoms with Gasteiger partial charge in [-0.3, -0.25) is 0 Å². The normalized spacial score (nSPS) is 12.3. The van der Waals surface area contributed by atoms with Crippen LogP contribution in [0.5, 0.6) is 0 Å². The zero-order chi connectivity index (χ0) is 21.4. The van der Waals surface area contributed by atoms with Gasteiger partial charge in [-0.05, 0) is 25.2 Å². The minimum atomic E-state index is 0. The Labute approximate surface area is 218 Å². The van der Waals surface area contributed by atoms with Crippen LogP contribution in [0, 0.1) is 5.92 Å². The highest BCUT2D eigenvalue weighted by Gasteiger charge is 2.04. The van der Waals surface area contributed by atoms with Crippen molar-refractivity contribution in [1.82, 2.24) is 0 Å². The predicted molar refractivity (Wildman–Crippen MR) is 153 cm³/mol. The van der Waals surface area contributed by atoms with Gasteiger partial charge < -0.3 is 0 Å². The van der Waals surface area contributed by atoms with Crippen molar-refractivity contribution in [2.75, 3.05) is 5.33 Å². The van der Waals surface area contributed by atoms with Gasteiger partial charge in [0.2, 0.25) is 0 Å². The molecule has 30 heavy (non-hydrogen) atoms. The van der Waals surface area contributed by atoms with E-state index in [2.05, 4.69) is 45.7 Å². The van der Waals surface area contributed by atoms with Crippen LogP contribution in [0.3, 0.4) is 0 Å². The van der Waals surface area contributed by atoms with Crippen molar-refractivity contribution in [2.45, 2.75) is 160 Å². The van der Waals surface area contributed by atoms with E-state index in [1.165, 1.54) is 147 Å². The van der Waals surface area contributed by atoms with Gasteiger partial charge in [0.1, 0.15) is 0 Å². The van der Waals surface area contributed by atoms with Crippen LogP contribution in [-0.2, 0) is 0 Å². The molecule has 0 radical (unpaired) electrons. The summed E-state index contributed by atoms with van der Waals surface area (Å²) in [6, 6.07) is 0. The highest BCUT2D eigenvalue weighted by atomic mass is 79.9. The quantitative estimate of drug-likeness (QED) is 0.0745. The molecule has 0 nitrogen and oxygen atoms in total. The molecule has 3 heteroatoms. The lowest BCUT2D eigenvalue weighted by molar-refractivity contribution is 0.502. The molecule has 0 fully saturated rings. The molecule has 1 atom stereocenters. The molecule has 0 aliphatic heterocycles. The highest BCUT2D eigenvalue weighted by Crippen LogP contribution is 2.20. The van der Waals surface area contributed by atoms with Crippen LogP contribution >= 0.6 is 48.8 Å². The summed E-state index contributed by atoms with van der Waals surface area (Å²) in [6.07, 6.45) is 31.7. The highest BCUT2D eigenvalue weighted by molar-refractivity contribution is 9.09. The SMILES string of the molecule is Br.CC(C)CCCCCCCCCCCCCC(Br)CCCCCCCCCCBr. The Hall–Kier alpha value is 1.44. The van der Waals surface area contributed by atoms with E-state index in [1.54, 1.807) is 0 Å². The second-order valence-electron chi connectivity index (χ2n) is 9.76. The second kappa shape index (κ2) is 28.5. The minimum Gasteiger partial charge on any atom is -0.114 e. The summed E-state index contributed by atoms with van der Waals surface area (Å²) in [5.41, 5.74) is 0. The van der Waals surface area contributed by atoms with Crippen molar-refractivity contribution in [3.8, 4) is 0 Å². The summed E-state index contributed by atoms with van der Waals surface area (Å²) in [7, 11) is 0. The zero-order valence-electron chi connectivity index (χ0n) is 20.6. The predicted octanol–water partition coefficient (Wildman–Crippen LogP) is 12.0. The van der Waals surface area contributed by atoms with Gasteiger partial charge in [-0.25, -0.2) is 0 Å². The van der Waals surface area contributed by atoms with Gasteiger partial charge in [-0.1, -0.05) is 168 Å². The van der Waals surface area contributed by atoms with Crippen LogP contribution in [-0.4, -0.2) is 10.2 Å². The van der Waals surface area contributed by atoms with Crippen LogP contribution < -0.4 is 0 Å². The maximum absolute atomic E-state index is 3.92. The molecule has 0 amide bonds. The molecule has 0 aliphatic carbocycles. The Balaban J connectivity index is 0. The molecule has 0 aromatic rings. The lowest BCUT2D eigenvalue weighted by Gasteiger charge is -2.09. The second-order valence-corrected chi connectivity index (χ2v) is 11.9. The molecule has 0 aliphatic rings. The smallest absolute Gasteiger partial charge is 0.0145 e. The Morgan fingerprint density at radius 2 is 0.700 bits per heavy atom. The Kier molecular flexibility index (Phi) is 31.9. The van der Waals surface area contributed by atoms with Crippen LogP contribution in [0.4, 0.5) is 0 Å². The third-order valence-corrected chi connectivity index (χ3v) is 7.68. The first-order chi connectivity index (χ1) is 14.2. The lowest BCUT2D eigenvalue weighted by Crippen LogP contribution is -1.98. The Morgan fingerprint density at radius 3 is 1.00 bits per heavy atom. The monoisotopic (exact) mass is 616 g/mol. The molecule has 0 rings (SSSR count). The molecular formula is C27H55Br3. The number of hydrogen-bond acceptors (Lipinski definition) is 0. The van der Waals surface area contributed by atoms with Gasteiger partial charge in [0.15, 0.2) is 0 Å². The number of alkyl halides is 2. The van der Waals surface area contributed by atoms with E-state index in [4.69, 9.17) is 0 Å². The van der Waals surface area contributed by atoms with Gasteiger partial charge in [0, 0.05) is 10.2 Å². The van der Waals surface area contributed by atoms with E-state index in [1.807, 2.05) is 0 Å². The summed E-state index contributed by atoms with van der Waals surface area (Å²) in [4.78, 5) is 0.775. The number of halogens is 3. The summed E-state index contributed by atoms with van der Waals surface area (Å²) in [5.74, 6) is 0.892. The van der Waals surface area contributed by atoms with E-state index >= 15 is 0 Å². The van der Waals surface area contributed by atoms with Crippen molar-refractivity contribution >= 4 is 48.8 Å². The average Bonchev–Trinajstić information content (AvgIpc) is 2.70. The molecule has 1 unspecified atom stereocenters. The van der Waals surface area contributed by atoms with Gasteiger partial charge in [-0.15, -0.1) is 17.0 Å². The third-order valence-electron chi connectivity index (χ3n) is 6.20. The molecule has 0 bridgehead atoms. The number of hydrogen-bond donors (Lipinski definition) is 0. The molecule has 0 aromatic carbocycles. The first-order valence-corrected chi connectivity index (χ1v) is 15.4. The van der Waals surface area contributed by atoms with Crippen molar-refractivity contribution < 1.29 is 0 Å². The topological polar surface area (TPSA) is 0 Å². The zero-order valence-corrected chi connectivity index (χ0v) is 25.5. The van der Waals surface area contributed by atoms with Crippen LogP contribution in [0.15, 0.2) is 0 Å². The van der Waals surface area contributed by atoms with Gasteiger partial charge >= 0.3 is 0 Å². The van der Waals surface area contributed by atoms with Gasteiger partial charge in [0.05, 0.1) is 0 Å². The summed E-state index contributed by atoms with van der Waals surface area (Å²) in [5, 5.41) is 1.18. The van der Waals surface area contributed by atoms with E-state index < -0.39 is 0 Å². The molecule has 184 valence electrons. The van der Waals surface area contributed by atoms with Crippen LogP contribution in [0.2, 0.25) is 0 Å². The van der Waals surface area contributed by atoms with Crippen molar-refractivity contribution in [1.29, 1.82) is 0 Å². The maximum Gasteiger partial charge on any atom is 0.0145 e. The number of rotatable bonds is 24. The van der Waals surface area contributed by atoms with E-state index in [9.17, 15) is 0 Å². The fraction of sp³-hybridized carbons (Fsp3) is 1.00. The Morgan fingerprint density at radius 1 is 0.433 bits per heavy atom. The molecule has 0 saturated carbocycles. The third kappa shape index (κ3) is 29.4. The van der Waals surface area contributed by atoms with Gasteiger partial charge in [-0.2, -0.15) is 0 Å². The van der Waals surface area contributed by atoms with Crippen LogP contribution in [0.25, 0.3) is 0 Å². The summed E-state index contributed by atoms with van der Waals surface area (Å²) < 4.78 is 0. The molecule has 0 aromatic heterocycles. The molecule has 0 N–H and O–H groups in total.